The van der Waals surface area contributed by atoms with Gasteiger partial charge in [-0.2, -0.15) is 0 Å². The molecule has 1 saturated heterocycles. The van der Waals surface area contributed by atoms with E-state index in [1.807, 2.05) is 60.7 Å². The van der Waals surface area contributed by atoms with Gasteiger partial charge < -0.3 is 9.52 Å². The molecule has 3 aliphatic carbocycles. The molecule has 1 N–H and O–H groups in total. The standard InChI is InChI=1S/C40H28N2O6/c1-20-18-31(43)29-19-28-25(33(35(29)36(20)44)26-15-12-21-6-2-3-7-24(21)37(26)45)16-17-27-34(28)40(47)42(39(27)46)23-13-10-22(11-14-23)38-41-30-8-4-5-9-32(30)48-38/h2-16,18,27-28,33-34,45H,17,19H2,1H3. The Balaban J connectivity index is 1.11. The Bertz CT molecular complexity index is 2340. The van der Waals surface area contributed by atoms with Crippen LogP contribution in [0.4, 0.5) is 5.69 Å². The van der Waals surface area contributed by atoms with Gasteiger partial charge in [0, 0.05) is 39.2 Å². The fourth-order valence-corrected chi connectivity index (χ4v) is 8.22. The number of amides is 2. The molecular formula is C40H28N2O6. The minimum atomic E-state index is -0.725. The second-order valence-electron chi connectivity index (χ2n) is 13.0. The van der Waals surface area contributed by atoms with Crippen LogP contribution in [0.15, 0.2) is 124 Å². The zero-order valence-corrected chi connectivity index (χ0v) is 25.8. The van der Waals surface area contributed by atoms with Gasteiger partial charge in [-0.3, -0.25) is 24.1 Å². The molecule has 2 amide bonds. The van der Waals surface area contributed by atoms with Crippen molar-refractivity contribution in [1.82, 2.24) is 4.98 Å². The number of carbonyl (C=O) groups is 4. The SMILES string of the molecule is CC1=CC(=O)C2=C(C1=O)C(c1ccc3ccccc3c1O)C1=CCC3C(=O)N(c4ccc(-c5nc6ccccc6o5)cc4)C(=O)C3C1C2. The molecule has 0 bridgehead atoms. The van der Waals surface area contributed by atoms with E-state index in [1.165, 1.54) is 11.0 Å². The van der Waals surface area contributed by atoms with E-state index < -0.39 is 23.7 Å². The van der Waals surface area contributed by atoms with E-state index in [1.54, 1.807) is 37.3 Å². The average molecular weight is 633 g/mol. The number of allylic oxidation sites excluding steroid dienone is 6. The van der Waals surface area contributed by atoms with E-state index in [2.05, 4.69) is 4.98 Å². The Hall–Kier alpha value is -5.89. The third-order valence-electron chi connectivity index (χ3n) is 10.5. The fraction of sp³-hybridized carbons (Fsp3) is 0.175. The number of imide groups is 1. The summed E-state index contributed by atoms with van der Waals surface area (Å²) in [6.07, 6.45) is 3.80. The van der Waals surface area contributed by atoms with Crippen LogP contribution in [0, 0.1) is 17.8 Å². The molecule has 0 spiro atoms. The normalized spacial score (nSPS) is 23.7. The van der Waals surface area contributed by atoms with Crippen LogP contribution in [0.5, 0.6) is 5.75 Å². The molecule has 2 heterocycles. The van der Waals surface area contributed by atoms with Crippen LogP contribution in [0.3, 0.4) is 0 Å². The van der Waals surface area contributed by atoms with Gasteiger partial charge in [0.05, 0.1) is 17.5 Å². The molecule has 1 aromatic heterocycles. The second-order valence-corrected chi connectivity index (χ2v) is 13.0. The maximum atomic E-state index is 14.3. The molecule has 4 aromatic carbocycles. The minimum absolute atomic E-state index is 0.0376. The summed E-state index contributed by atoms with van der Waals surface area (Å²) in [7, 11) is 0. The fourth-order valence-electron chi connectivity index (χ4n) is 8.22. The van der Waals surface area contributed by atoms with E-state index in [-0.39, 0.29) is 35.6 Å². The lowest BCUT2D eigenvalue weighted by molar-refractivity contribution is -0.123. The van der Waals surface area contributed by atoms with Crippen molar-refractivity contribution >= 4 is 50.9 Å². The molecule has 0 radical (unpaired) electrons. The number of nitrogens with zero attached hydrogens (tertiary/aromatic N) is 2. The Morgan fingerprint density at radius 1 is 0.854 bits per heavy atom. The molecule has 1 fully saturated rings. The van der Waals surface area contributed by atoms with Crippen molar-refractivity contribution in [1.29, 1.82) is 0 Å². The number of fused-ring (bicyclic) bond motifs is 5. The first-order valence-electron chi connectivity index (χ1n) is 16.0. The van der Waals surface area contributed by atoms with Crippen molar-refractivity contribution in [2.45, 2.75) is 25.7 Å². The maximum Gasteiger partial charge on any atom is 0.238 e. The Kier molecular flexibility index (Phi) is 6.09. The lowest BCUT2D eigenvalue weighted by atomic mass is 9.59. The second kappa shape index (κ2) is 10.3. The van der Waals surface area contributed by atoms with Crippen molar-refractivity contribution < 1.29 is 28.7 Å². The predicted octanol–water partition coefficient (Wildman–Crippen LogP) is 6.99. The van der Waals surface area contributed by atoms with Gasteiger partial charge in [-0.1, -0.05) is 60.2 Å². The number of aromatic nitrogens is 1. The number of rotatable bonds is 3. The van der Waals surface area contributed by atoms with Crippen LogP contribution in [-0.2, 0) is 19.2 Å². The monoisotopic (exact) mass is 632 g/mol. The first kappa shape index (κ1) is 28.3. The summed E-state index contributed by atoms with van der Waals surface area (Å²) < 4.78 is 5.90. The molecule has 8 nitrogen and oxygen atoms in total. The summed E-state index contributed by atoms with van der Waals surface area (Å²) in [6, 6.07) is 25.6. The number of phenols is 1. The minimum Gasteiger partial charge on any atom is -0.507 e. The number of Topliss-reactive ketones (excluding diaryl/α,β-unsaturated/α-hetero) is 1. The van der Waals surface area contributed by atoms with Crippen molar-refractivity contribution in [2.75, 3.05) is 4.90 Å². The number of aromatic hydroxyl groups is 1. The zero-order chi connectivity index (χ0) is 32.8. The highest BCUT2D eigenvalue weighted by molar-refractivity contribution is 6.25. The Morgan fingerprint density at radius 3 is 2.44 bits per heavy atom. The maximum absolute atomic E-state index is 14.3. The summed E-state index contributed by atoms with van der Waals surface area (Å²) >= 11 is 0. The number of para-hydroxylation sites is 2. The number of phenolic OH excluding ortho intramolecular Hbond substituents is 1. The lowest BCUT2D eigenvalue weighted by Gasteiger charge is -2.42. The largest absolute Gasteiger partial charge is 0.507 e. The first-order chi connectivity index (χ1) is 23.3. The topological polar surface area (TPSA) is 118 Å². The number of hydrogen-bond acceptors (Lipinski definition) is 7. The highest BCUT2D eigenvalue weighted by Crippen LogP contribution is 2.57. The van der Waals surface area contributed by atoms with Crippen molar-refractivity contribution in [3.8, 4) is 17.2 Å². The molecular weight excluding hydrogens is 604 g/mol. The number of benzene rings is 4. The van der Waals surface area contributed by atoms with Crippen molar-refractivity contribution in [2.24, 2.45) is 17.8 Å². The first-order valence-corrected chi connectivity index (χ1v) is 16.0. The lowest BCUT2D eigenvalue weighted by Crippen LogP contribution is -2.39. The van der Waals surface area contributed by atoms with Gasteiger partial charge in [0.25, 0.3) is 0 Å². The van der Waals surface area contributed by atoms with Crippen LogP contribution in [0.1, 0.15) is 31.2 Å². The van der Waals surface area contributed by atoms with Crippen molar-refractivity contribution in [3.63, 3.8) is 0 Å². The van der Waals surface area contributed by atoms with Crippen molar-refractivity contribution in [3.05, 3.63) is 125 Å². The third-order valence-corrected chi connectivity index (χ3v) is 10.5. The number of anilines is 1. The van der Waals surface area contributed by atoms with Gasteiger partial charge >= 0.3 is 0 Å². The molecule has 1 aliphatic heterocycles. The Labute approximate surface area is 274 Å². The third kappa shape index (κ3) is 3.98. The summed E-state index contributed by atoms with van der Waals surface area (Å²) in [5.74, 6) is -3.20. The van der Waals surface area contributed by atoms with Crippen LogP contribution in [0.25, 0.3) is 33.3 Å². The molecule has 4 aliphatic rings. The van der Waals surface area contributed by atoms with E-state index >= 15 is 0 Å². The number of oxazole rings is 1. The molecule has 234 valence electrons. The summed E-state index contributed by atoms with van der Waals surface area (Å²) in [5.41, 5.74) is 4.92. The smallest absolute Gasteiger partial charge is 0.238 e. The molecule has 48 heavy (non-hydrogen) atoms. The number of ketones is 2. The van der Waals surface area contributed by atoms with Gasteiger partial charge in [-0.25, -0.2) is 4.98 Å². The molecule has 9 rings (SSSR count). The van der Waals surface area contributed by atoms with Crippen LogP contribution >= 0.6 is 0 Å². The molecule has 5 aromatic rings. The zero-order valence-electron chi connectivity index (χ0n) is 25.8. The summed E-state index contributed by atoms with van der Waals surface area (Å²) in [6.45, 7) is 1.63. The highest BCUT2D eigenvalue weighted by Gasteiger charge is 2.56. The average Bonchev–Trinajstić information content (AvgIpc) is 3.65. The summed E-state index contributed by atoms with van der Waals surface area (Å²) in [5, 5.41) is 13.1. The van der Waals surface area contributed by atoms with Gasteiger partial charge in [0.2, 0.25) is 17.7 Å². The molecule has 8 heteroatoms. The van der Waals surface area contributed by atoms with E-state index in [0.29, 0.717) is 56.8 Å². The van der Waals surface area contributed by atoms with Gasteiger partial charge in [-0.15, -0.1) is 0 Å². The molecule has 4 atom stereocenters. The highest BCUT2D eigenvalue weighted by atomic mass is 16.3. The predicted molar refractivity (Wildman–Crippen MR) is 179 cm³/mol. The van der Waals surface area contributed by atoms with Gasteiger partial charge in [0.15, 0.2) is 17.1 Å². The number of hydrogen-bond donors (Lipinski definition) is 1. The van der Waals surface area contributed by atoms with E-state index in [9.17, 15) is 24.3 Å². The van der Waals surface area contributed by atoms with Gasteiger partial charge in [0.1, 0.15) is 11.3 Å². The van der Waals surface area contributed by atoms with Crippen LogP contribution in [-0.4, -0.2) is 33.5 Å². The Morgan fingerprint density at radius 2 is 1.62 bits per heavy atom. The summed E-state index contributed by atoms with van der Waals surface area (Å²) in [4.78, 5) is 61.4. The van der Waals surface area contributed by atoms with Gasteiger partial charge in [-0.05, 0) is 73.5 Å². The van der Waals surface area contributed by atoms with Crippen LogP contribution in [0.2, 0.25) is 0 Å². The van der Waals surface area contributed by atoms with E-state index in [0.717, 1.165) is 16.5 Å². The molecule has 4 unspecified atom stereocenters. The molecule has 0 saturated carbocycles. The van der Waals surface area contributed by atoms with E-state index in [4.69, 9.17) is 4.42 Å². The van der Waals surface area contributed by atoms with Crippen LogP contribution < -0.4 is 4.90 Å². The number of carbonyl (C=O) groups excluding carboxylic acids is 4. The quantitative estimate of drug-likeness (QED) is 0.129.